The molecule has 0 aliphatic carbocycles. The fraction of sp³-hybridized carbons (Fsp3) is 0.200. The lowest BCUT2D eigenvalue weighted by Crippen LogP contribution is -2.12. The molecule has 6 heteroatoms. The van der Waals surface area contributed by atoms with Crippen LogP contribution in [0.2, 0.25) is 0 Å². The van der Waals surface area contributed by atoms with Crippen molar-refractivity contribution in [2.24, 2.45) is 0 Å². The quantitative estimate of drug-likeness (QED) is 0.624. The lowest BCUT2D eigenvalue weighted by Gasteiger charge is -1.88. The smallest absolute Gasteiger partial charge is 0.346 e. The summed E-state index contributed by atoms with van der Waals surface area (Å²) in [5.41, 5.74) is -0.700. The van der Waals surface area contributed by atoms with Crippen molar-refractivity contribution in [3.63, 3.8) is 0 Å². The number of ether oxygens (including phenoxy) is 1. The summed E-state index contributed by atoms with van der Waals surface area (Å²) in [7, 11) is 1.19. The molecule has 0 spiro atoms. The van der Waals surface area contributed by atoms with Gasteiger partial charge in [-0.2, -0.15) is 5.16 Å². The summed E-state index contributed by atoms with van der Waals surface area (Å²) in [6.45, 7) is 0. The lowest BCUT2D eigenvalue weighted by atomic mass is 10.4. The Hall–Kier alpha value is -1.23. The fourth-order valence-corrected chi connectivity index (χ4v) is 0.501. The number of H-pyrrole nitrogens is 1. The summed E-state index contributed by atoms with van der Waals surface area (Å²) < 4.78 is 8.59. The van der Waals surface area contributed by atoms with Gasteiger partial charge >= 0.3 is 5.97 Å². The van der Waals surface area contributed by atoms with Gasteiger partial charge in [-0.25, -0.2) is 4.79 Å². The van der Waals surface area contributed by atoms with E-state index >= 15 is 0 Å². The van der Waals surface area contributed by atoms with Crippen molar-refractivity contribution in [3.05, 3.63) is 22.2 Å². The molecule has 62 valence electrons. The summed E-state index contributed by atoms with van der Waals surface area (Å²) in [5.74, 6) is -0.699. The third-order valence-corrected chi connectivity index (χ3v) is 0.978. The van der Waals surface area contributed by atoms with Crippen molar-refractivity contribution in [2.45, 2.75) is 0 Å². The molecule has 0 atom stereocenters. The monoisotopic (exact) mass is 179 g/mol. The van der Waals surface area contributed by atoms with Gasteiger partial charge in [0.25, 0.3) is 5.56 Å². The first-order valence-corrected chi connectivity index (χ1v) is 2.50. The van der Waals surface area contributed by atoms with Crippen molar-refractivity contribution >= 4 is 18.4 Å². The molecule has 0 aliphatic heterocycles. The number of halogens is 1. The Balaban J connectivity index is 0.000001000. The zero-order chi connectivity index (χ0) is 7.56. The Morgan fingerprint density at radius 1 is 1.73 bits per heavy atom. The van der Waals surface area contributed by atoms with Crippen LogP contribution in [-0.2, 0) is 4.74 Å². The highest BCUT2D eigenvalue weighted by atomic mass is 35.5. The van der Waals surface area contributed by atoms with Gasteiger partial charge in [0, 0.05) is 0 Å². The second-order valence-electron chi connectivity index (χ2n) is 1.57. The normalized spacial score (nSPS) is 8.45. The predicted octanol–water partition coefficient (Wildman–Crippen LogP) is 0.176. The van der Waals surface area contributed by atoms with E-state index in [0.717, 1.165) is 6.26 Å². The van der Waals surface area contributed by atoms with E-state index in [1.165, 1.54) is 7.11 Å². The Labute approximate surface area is 67.7 Å². The molecule has 1 aromatic heterocycles. The van der Waals surface area contributed by atoms with Crippen LogP contribution in [0.1, 0.15) is 10.4 Å². The third-order valence-electron chi connectivity index (χ3n) is 0.978. The molecule has 0 saturated carbocycles. The van der Waals surface area contributed by atoms with Crippen molar-refractivity contribution in [3.8, 4) is 0 Å². The standard InChI is InChI=1S/C5H5NO4.ClH/c1-9-5(8)3-2-10-6-4(3)7;/h2H,1H3,(H,6,7);1H. The van der Waals surface area contributed by atoms with Crippen LogP contribution in [0.25, 0.3) is 0 Å². The Kier molecular flexibility index (Phi) is 3.39. The maximum absolute atomic E-state index is 10.6. The molecule has 0 aliphatic rings. The molecule has 1 rings (SSSR count). The average molecular weight is 180 g/mol. The van der Waals surface area contributed by atoms with Crippen LogP contribution in [0, 0.1) is 0 Å². The van der Waals surface area contributed by atoms with Crippen LogP contribution in [0.4, 0.5) is 0 Å². The van der Waals surface area contributed by atoms with Gasteiger partial charge in [0.2, 0.25) is 0 Å². The van der Waals surface area contributed by atoms with Crippen molar-refractivity contribution in [1.29, 1.82) is 0 Å². The molecule has 0 fully saturated rings. The number of esters is 1. The van der Waals surface area contributed by atoms with E-state index in [2.05, 4.69) is 9.26 Å². The number of aromatic nitrogens is 1. The van der Waals surface area contributed by atoms with Gasteiger partial charge in [-0.15, -0.1) is 12.4 Å². The second-order valence-corrected chi connectivity index (χ2v) is 1.57. The predicted molar refractivity (Wildman–Crippen MR) is 37.9 cm³/mol. The molecule has 1 N–H and O–H groups in total. The minimum atomic E-state index is -0.699. The summed E-state index contributed by atoms with van der Waals surface area (Å²) in [6.07, 6.45) is 1.01. The van der Waals surface area contributed by atoms with Crippen molar-refractivity contribution in [2.75, 3.05) is 7.11 Å². The summed E-state index contributed by atoms with van der Waals surface area (Å²) in [6, 6.07) is 0. The first kappa shape index (κ1) is 9.77. The van der Waals surface area contributed by atoms with Crippen LogP contribution >= 0.6 is 12.4 Å². The molecule has 5 nitrogen and oxygen atoms in total. The largest absolute Gasteiger partial charge is 0.465 e. The molecule has 11 heavy (non-hydrogen) atoms. The van der Waals surface area contributed by atoms with E-state index in [9.17, 15) is 9.59 Å². The molecular formula is C5H6ClNO4. The molecule has 0 bridgehead atoms. The van der Waals surface area contributed by atoms with E-state index in [4.69, 9.17) is 0 Å². The molecule has 0 amide bonds. The summed E-state index contributed by atoms with van der Waals surface area (Å²) in [4.78, 5) is 21.2. The van der Waals surface area contributed by atoms with Gasteiger partial charge in [0.1, 0.15) is 6.26 Å². The zero-order valence-electron chi connectivity index (χ0n) is 5.62. The zero-order valence-corrected chi connectivity index (χ0v) is 6.44. The van der Waals surface area contributed by atoms with Crippen LogP contribution in [0.3, 0.4) is 0 Å². The van der Waals surface area contributed by atoms with Crippen LogP contribution < -0.4 is 5.56 Å². The molecule has 0 unspecified atom stereocenters. The van der Waals surface area contributed by atoms with Gasteiger partial charge in [-0.1, -0.05) is 0 Å². The number of methoxy groups -OCH3 is 1. The van der Waals surface area contributed by atoms with Gasteiger partial charge in [0.15, 0.2) is 5.56 Å². The fourth-order valence-electron chi connectivity index (χ4n) is 0.501. The van der Waals surface area contributed by atoms with Gasteiger partial charge in [0.05, 0.1) is 7.11 Å². The van der Waals surface area contributed by atoms with Crippen LogP contribution in [-0.4, -0.2) is 18.2 Å². The van der Waals surface area contributed by atoms with Crippen molar-refractivity contribution < 1.29 is 14.1 Å². The number of aromatic amines is 1. The lowest BCUT2D eigenvalue weighted by molar-refractivity contribution is 0.0598. The Morgan fingerprint density at radius 2 is 2.36 bits per heavy atom. The van der Waals surface area contributed by atoms with E-state index in [1.54, 1.807) is 0 Å². The highest BCUT2D eigenvalue weighted by Crippen LogP contribution is 1.90. The van der Waals surface area contributed by atoms with Crippen LogP contribution in [0.5, 0.6) is 0 Å². The summed E-state index contributed by atoms with van der Waals surface area (Å²) in [5, 5.41) is 1.95. The maximum Gasteiger partial charge on any atom is 0.346 e. The maximum atomic E-state index is 10.6. The van der Waals surface area contributed by atoms with Gasteiger partial charge in [-0.05, 0) is 0 Å². The number of hydrogen-bond acceptors (Lipinski definition) is 4. The average Bonchev–Trinajstić information content (AvgIpc) is 2.34. The third kappa shape index (κ3) is 1.84. The number of nitrogens with one attached hydrogen (secondary N) is 1. The van der Waals surface area contributed by atoms with Gasteiger partial charge in [-0.3, -0.25) is 4.79 Å². The number of rotatable bonds is 1. The van der Waals surface area contributed by atoms with Gasteiger partial charge < -0.3 is 9.26 Å². The SMILES string of the molecule is COC(=O)c1co[nH]c1=O.Cl. The Bertz CT molecular complexity index is 289. The van der Waals surface area contributed by atoms with E-state index in [-0.39, 0.29) is 18.0 Å². The van der Waals surface area contributed by atoms with E-state index in [0.29, 0.717) is 0 Å². The first-order valence-electron chi connectivity index (χ1n) is 2.50. The molecule has 1 aromatic rings. The molecule has 0 radical (unpaired) electrons. The van der Waals surface area contributed by atoms with E-state index in [1.807, 2.05) is 5.16 Å². The summed E-state index contributed by atoms with van der Waals surface area (Å²) >= 11 is 0. The van der Waals surface area contributed by atoms with Crippen molar-refractivity contribution in [1.82, 2.24) is 5.16 Å². The molecular weight excluding hydrogens is 174 g/mol. The molecule has 0 aromatic carbocycles. The molecule has 1 heterocycles. The number of hydrogen-bond donors (Lipinski definition) is 1. The Morgan fingerprint density at radius 3 is 2.73 bits per heavy atom. The molecule has 0 saturated heterocycles. The topological polar surface area (TPSA) is 72.3 Å². The minimum absolute atomic E-state index is 0. The second kappa shape index (κ2) is 3.82. The van der Waals surface area contributed by atoms with E-state index < -0.39 is 11.5 Å². The first-order chi connectivity index (χ1) is 4.75. The minimum Gasteiger partial charge on any atom is -0.465 e. The highest BCUT2D eigenvalue weighted by molar-refractivity contribution is 5.88. The van der Waals surface area contributed by atoms with Crippen LogP contribution in [0.15, 0.2) is 15.6 Å². The highest BCUT2D eigenvalue weighted by Gasteiger charge is 2.11. The number of carbonyl (C=O) groups excluding carboxylic acids is 1. The number of carbonyl (C=O) groups is 1.